The molecule has 0 saturated carbocycles. The number of aliphatic hydroxyl groups excluding tert-OH is 1. The van der Waals surface area contributed by atoms with Gasteiger partial charge in [-0.2, -0.15) is 4.72 Å². The van der Waals surface area contributed by atoms with Crippen molar-refractivity contribution in [3.05, 3.63) is 23.5 Å². The number of nitrogens with zero attached hydrogens (tertiary/aromatic N) is 1. The highest BCUT2D eigenvalue weighted by Crippen LogP contribution is 2.18. The number of pyridine rings is 1. The smallest absolute Gasteiger partial charge is 0.321 e. The van der Waals surface area contributed by atoms with E-state index >= 15 is 0 Å². The molecule has 1 rings (SSSR count). The molecule has 1 atom stereocenters. The molecule has 0 spiro atoms. The maximum absolute atomic E-state index is 11.9. The molecule has 0 aliphatic carbocycles. The molecule has 0 fully saturated rings. The third-order valence-corrected chi connectivity index (χ3v) is 3.94. The number of hydrogen-bond acceptors (Lipinski definition) is 5. The Labute approximate surface area is 108 Å². The maximum Gasteiger partial charge on any atom is 0.321 e. The summed E-state index contributed by atoms with van der Waals surface area (Å²) < 4.78 is 25.7. The Bertz CT molecular complexity index is 534. The van der Waals surface area contributed by atoms with Crippen LogP contribution in [-0.2, 0) is 14.8 Å². The molecule has 7 nitrogen and oxygen atoms in total. The van der Waals surface area contributed by atoms with Crippen LogP contribution in [0, 0.1) is 0 Å². The van der Waals surface area contributed by atoms with Crippen LogP contribution in [-0.4, -0.2) is 42.2 Å². The molecular weight excluding hydrogens is 284 g/mol. The van der Waals surface area contributed by atoms with Crippen molar-refractivity contribution in [2.45, 2.75) is 17.4 Å². The maximum atomic E-state index is 11.9. The second kappa shape index (κ2) is 6.10. The van der Waals surface area contributed by atoms with Gasteiger partial charge in [0.1, 0.15) is 16.1 Å². The third kappa shape index (κ3) is 3.64. The van der Waals surface area contributed by atoms with Crippen LogP contribution in [0.3, 0.4) is 0 Å². The molecule has 0 aliphatic heterocycles. The van der Waals surface area contributed by atoms with E-state index in [0.717, 1.165) is 0 Å². The number of carboxylic acid groups (broad SMARTS) is 1. The van der Waals surface area contributed by atoms with Gasteiger partial charge in [-0.25, -0.2) is 13.4 Å². The van der Waals surface area contributed by atoms with Crippen molar-refractivity contribution >= 4 is 27.6 Å². The summed E-state index contributed by atoms with van der Waals surface area (Å²) in [5, 5.41) is 17.2. The molecule has 1 unspecified atom stereocenters. The standard InChI is InChI=1S/C9H11ClN2O5S/c10-8-7(2-1-4-11-8)18(16,17)12-6(3-5-13)9(14)15/h1-2,4,6,12-13H,3,5H2,(H,14,15). The SMILES string of the molecule is O=C(O)C(CCO)NS(=O)(=O)c1cccnc1Cl. The van der Waals surface area contributed by atoms with Gasteiger partial charge in [0.25, 0.3) is 0 Å². The van der Waals surface area contributed by atoms with Gasteiger partial charge in [0, 0.05) is 12.8 Å². The van der Waals surface area contributed by atoms with Crippen molar-refractivity contribution in [2.75, 3.05) is 6.61 Å². The molecule has 0 amide bonds. The lowest BCUT2D eigenvalue weighted by atomic mass is 10.2. The number of aromatic nitrogens is 1. The average molecular weight is 295 g/mol. The molecule has 3 N–H and O–H groups in total. The second-order valence-corrected chi connectivity index (χ2v) is 5.36. The monoisotopic (exact) mass is 294 g/mol. The van der Waals surface area contributed by atoms with Crippen molar-refractivity contribution in [1.29, 1.82) is 0 Å². The number of carbonyl (C=O) groups is 1. The fraction of sp³-hybridized carbons (Fsp3) is 0.333. The van der Waals surface area contributed by atoms with Gasteiger partial charge in [0.2, 0.25) is 10.0 Å². The first kappa shape index (κ1) is 14.8. The molecule has 1 aromatic heterocycles. The highest BCUT2D eigenvalue weighted by molar-refractivity contribution is 7.89. The summed E-state index contributed by atoms with van der Waals surface area (Å²) >= 11 is 5.62. The summed E-state index contributed by atoms with van der Waals surface area (Å²) in [6.07, 6.45) is 1.07. The second-order valence-electron chi connectivity index (χ2n) is 3.32. The zero-order valence-corrected chi connectivity index (χ0v) is 10.6. The molecule has 0 aliphatic rings. The number of aliphatic hydroxyl groups is 1. The molecule has 1 heterocycles. The van der Waals surface area contributed by atoms with E-state index in [1.165, 1.54) is 18.3 Å². The summed E-state index contributed by atoms with van der Waals surface area (Å²) in [5.74, 6) is -1.38. The van der Waals surface area contributed by atoms with Crippen molar-refractivity contribution < 1.29 is 23.4 Å². The summed E-state index contributed by atoms with van der Waals surface area (Å²) in [5.41, 5.74) is 0. The quantitative estimate of drug-likeness (QED) is 0.628. The Morgan fingerprint density at radius 2 is 2.22 bits per heavy atom. The van der Waals surface area contributed by atoms with E-state index in [9.17, 15) is 13.2 Å². The lowest BCUT2D eigenvalue weighted by Crippen LogP contribution is -2.41. The average Bonchev–Trinajstić information content (AvgIpc) is 2.28. The van der Waals surface area contributed by atoms with E-state index < -0.39 is 28.6 Å². The minimum absolute atomic E-state index is 0.244. The summed E-state index contributed by atoms with van der Waals surface area (Å²) in [6, 6.07) is 1.15. The van der Waals surface area contributed by atoms with Gasteiger partial charge in [0.05, 0.1) is 0 Å². The molecule has 9 heteroatoms. The van der Waals surface area contributed by atoms with Crippen molar-refractivity contribution in [3.63, 3.8) is 0 Å². The lowest BCUT2D eigenvalue weighted by Gasteiger charge is -2.13. The van der Waals surface area contributed by atoms with E-state index in [-0.39, 0.29) is 16.5 Å². The third-order valence-electron chi connectivity index (χ3n) is 2.03. The molecule has 1 aromatic rings. The van der Waals surface area contributed by atoms with Gasteiger partial charge in [-0.05, 0) is 18.6 Å². The highest BCUT2D eigenvalue weighted by atomic mass is 35.5. The lowest BCUT2D eigenvalue weighted by molar-refractivity contribution is -0.139. The first-order valence-corrected chi connectivity index (χ1v) is 6.71. The van der Waals surface area contributed by atoms with Crippen LogP contribution in [0.15, 0.2) is 23.2 Å². The van der Waals surface area contributed by atoms with Crippen LogP contribution in [0.25, 0.3) is 0 Å². The summed E-state index contributed by atoms with van der Waals surface area (Å²) in [4.78, 5) is 14.1. The Balaban J connectivity index is 3.01. The first-order valence-electron chi connectivity index (χ1n) is 4.85. The molecular formula is C9H11ClN2O5S. The van der Waals surface area contributed by atoms with Crippen LogP contribution < -0.4 is 4.72 Å². The normalized spacial score (nSPS) is 13.2. The van der Waals surface area contributed by atoms with Gasteiger partial charge in [-0.1, -0.05) is 11.6 Å². The minimum atomic E-state index is -4.09. The predicted molar refractivity (Wildman–Crippen MR) is 62.7 cm³/mol. The van der Waals surface area contributed by atoms with Crippen molar-refractivity contribution in [1.82, 2.24) is 9.71 Å². The number of aliphatic carboxylic acids is 1. The predicted octanol–water partition coefficient (Wildman–Crippen LogP) is -0.151. The molecule has 100 valence electrons. The minimum Gasteiger partial charge on any atom is -0.480 e. The highest BCUT2D eigenvalue weighted by Gasteiger charge is 2.26. The number of sulfonamides is 1. The number of rotatable bonds is 6. The van der Waals surface area contributed by atoms with Crippen molar-refractivity contribution in [2.24, 2.45) is 0 Å². The first-order chi connectivity index (χ1) is 8.38. The van der Waals surface area contributed by atoms with E-state index in [0.29, 0.717) is 0 Å². The molecule has 0 bridgehead atoms. The van der Waals surface area contributed by atoms with Gasteiger partial charge in [0.15, 0.2) is 0 Å². The van der Waals surface area contributed by atoms with Gasteiger partial charge in [-0.15, -0.1) is 0 Å². The molecule has 18 heavy (non-hydrogen) atoms. The van der Waals surface area contributed by atoms with Gasteiger partial charge in [-0.3, -0.25) is 4.79 Å². The Kier molecular flexibility index (Phi) is 5.03. The molecule has 0 aromatic carbocycles. The zero-order valence-electron chi connectivity index (χ0n) is 9.08. The Morgan fingerprint density at radius 3 is 2.72 bits per heavy atom. The van der Waals surface area contributed by atoms with Crippen LogP contribution in [0.4, 0.5) is 0 Å². The topological polar surface area (TPSA) is 117 Å². The molecule has 0 saturated heterocycles. The van der Waals surface area contributed by atoms with E-state index in [4.69, 9.17) is 21.8 Å². The number of nitrogens with one attached hydrogen (secondary N) is 1. The van der Waals surface area contributed by atoms with Crippen molar-refractivity contribution in [3.8, 4) is 0 Å². The fourth-order valence-electron chi connectivity index (χ4n) is 1.18. The van der Waals surface area contributed by atoms with Gasteiger partial charge < -0.3 is 10.2 Å². The van der Waals surface area contributed by atoms with Gasteiger partial charge >= 0.3 is 5.97 Å². The number of hydrogen-bond donors (Lipinski definition) is 3. The van der Waals surface area contributed by atoms with E-state index in [2.05, 4.69) is 4.98 Å². The van der Waals surface area contributed by atoms with E-state index in [1.807, 2.05) is 4.72 Å². The molecule has 0 radical (unpaired) electrons. The van der Waals surface area contributed by atoms with Crippen LogP contribution >= 0.6 is 11.6 Å². The van der Waals surface area contributed by atoms with Crippen LogP contribution in [0.1, 0.15) is 6.42 Å². The van der Waals surface area contributed by atoms with Crippen LogP contribution in [0.2, 0.25) is 5.15 Å². The fourth-order valence-corrected chi connectivity index (χ4v) is 2.86. The number of carboxylic acids is 1. The zero-order chi connectivity index (χ0) is 13.8. The summed E-state index contributed by atoms with van der Waals surface area (Å²) in [7, 11) is -4.09. The largest absolute Gasteiger partial charge is 0.480 e. The van der Waals surface area contributed by atoms with Crippen LogP contribution in [0.5, 0.6) is 0 Å². The van der Waals surface area contributed by atoms with E-state index in [1.54, 1.807) is 0 Å². The summed E-state index contributed by atoms with van der Waals surface area (Å²) in [6.45, 7) is -0.458. The Hall–Kier alpha value is -1.22. The Morgan fingerprint density at radius 1 is 1.56 bits per heavy atom. The number of halogens is 1.